The van der Waals surface area contributed by atoms with Gasteiger partial charge in [-0.2, -0.15) is 4.39 Å². The van der Waals surface area contributed by atoms with Crippen LogP contribution < -0.4 is 5.56 Å². The first-order chi connectivity index (χ1) is 9.22. The fourth-order valence-electron chi connectivity index (χ4n) is 4.09. The third-order valence-corrected chi connectivity index (χ3v) is 5.17. The number of halogens is 1. The van der Waals surface area contributed by atoms with Crippen LogP contribution in [0, 0.1) is 23.7 Å². The van der Waals surface area contributed by atoms with Crippen LogP contribution in [0.15, 0.2) is 16.9 Å². The zero-order valence-electron chi connectivity index (χ0n) is 11.3. The Morgan fingerprint density at radius 1 is 1.16 bits per heavy atom. The molecule has 0 radical (unpaired) electrons. The smallest absolute Gasteiger partial charge is 0.250 e. The molecule has 0 aliphatic heterocycles. The standard InChI is InChI=1S/C16H22FNO/c17-16-13(8-9-15(19)18-16)7-5-11-4-6-12-2-1-3-14(12)10-11/h8-9,11-12,14H,1-7,10H2,(H,18,19). The van der Waals surface area contributed by atoms with Crippen molar-refractivity contribution in [3.8, 4) is 0 Å². The first kappa shape index (κ1) is 12.9. The molecule has 2 fully saturated rings. The highest BCUT2D eigenvalue weighted by Crippen LogP contribution is 2.45. The Kier molecular flexibility index (Phi) is 3.72. The molecule has 3 unspecified atom stereocenters. The highest BCUT2D eigenvalue weighted by molar-refractivity contribution is 5.11. The van der Waals surface area contributed by atoms with Gasteiger partial charge in [0.2, 0.25) is 5.56 Å². The average Bonchev–Trinajstić information content (AvgIpc) is 2.85. The minimum Gasteiger partial charge on any atom is -0.299 e. The molecule has 0 saturated heterocycles. The third kappa shape index (κ3) is 2.90. The Hall–Kier alpha value is -1.12. The van der Waals surface area contributed by atoms with Gasteiger partial charge < -0.3 is 0 Å². The number of aryl methyl sites for hydroxylation is 1. The molecule has 3 atom stereocenters. The summed E-state index contributed by atoms with van der Waals surface area (Å²) < 4.78 is 13.6. The molecule has 3 heteroatoms. The van der Waals surface area contributed by atoms with Crippen LogP contribution in [-0.4, -0.2) is 4.98 Å². The van der Waals surface area contributed by atoms with Crippen LogP contribution in [0.2, 0.25) is 0 Å². The van der Waals surface area contributed by atoms with Gasteiger partial charge in [-0.05, 0) is 49.5 Å². The van der Waals surface area contributed by atoms with Crippen molar-refractivity contribution in [1.82, 2.24) is 4.98 Å². The lowest BCUT2D eigenvalue weighted by Crippen LogP contribution is -2.21. The van der Waals surface area contributed by atoms with E-state index in [0.29, 0.717) is 5.56 Å². The summed E-state index contributed by atoms with van der Waals surface area (Å²) in [5.41, 5.74) is 0.306. The van der Waals surface area contributed by atoms with Gasteiger partial charge in [0, 0.05) is 11.6 Å². The van der Waals surface area contributed by atoms with E-state index in [4.69, 9.17) is 0 Å². The third-order valence-electron chi connectivity index (χ3n) is 5.17. The van der Waals surface area contributed by atoms with Gasteiger partial charge in [0.25, 0.3) is 0 Å². The number of fused-ring (bicyclic) bond motifs is 1. The van der Waals surface area contributed by atoms with E-state index in [9.17, 15) is 9.18 Å². The van der Waals surface area contributed by atoms with E-state index < -0.39 is 5.95 Å². The number of hydrogen-bond acceptors (Lipinski definition) is 1. The molecule has 0 amide bonds. The number of aromatic nitrogens is 1. The minimum atomic E-state index is -0.443. The van der Waals surface area contributed by atoms with Crippen molar-refractivity contribution in [2.45, 2.75) is 51.4 Å². The van der Waals surface area contributed by atoms with Crippen LogP contribution in [0.1, 0.15) is 50.5 Å². The molecule has 1 aromatic heterocycles. The van der Waals surface area contributed by atoms with Crippen molar-refractivity contribution < 1.29 is 4.39 Å². The molecule has 2 nitrogen and oxygen atoms in total. The number of aromatic amines is 1. The van der Waals surface area contributed by atoms with Gasteiger partial charge in [-0.3, -0.25) is 9.78 Å². The maximum atomic E-state index is 13.6. The number of nitrogens with one attached hydrogen (secondary N) is 1. The maximum Gasteiger partial charge on any atom is 0.250 e. The van der Waals surface area contributed by atoms with Crippen molar-refractivity contribution in [2.75, 3.05) is 0 Å². The summed E-state index contributed by atoms with van der Waals surface area (Å²) in [5, 5.41) is 0. The summed E-state index contributed by atoms with van der Waals surface area (Å²) in [7, 11) is 0. The number of H-pyrrole nitrogens is 1. The molecule has 2 aliphatic rings. The molecule has 0 aromatic carbocycles. The van der Waals surface area contributed by atoms with Crippen LogP contribution in [0.5, 0.6) is 0 Å². The summed E-state index contributed by atoms with van der Waals surface area (Å²) in [6.07, 6.45) is 10.1. The molecule has 19 heavy (non-hydrogen) atoms. The van der Waals surface area contributed by atoms with E-state index in [1.165, 1.54) is 44.6 Å². The molecule has 0 spiro atoms. The normalized spacial score (nSPS) is 30.3. The molecule has 2 saturated carbocycles. The molecule has 104 valence electrons. The predicted molar refractivity (Wildman–Crippen MR) is 73.5 cm³/mol. The van der Waals surface area contributed by atoms with Crippen molar-refractivity contribution >= 4 is 0 Å². The Bertz CT molecular complexity index is 496. The van der Waals surface area contributed by atoms with Crippen LogP contribution in [0.25, 0.3) is 0 Å². The fraction of sp³-hybridized carbons (Fsp3) is 0.688. The Labute approximate surface area is 113 Å². The van der Waals surface area contributed by atoms with Crippen molar-refractivity contribution in [1.29, 1.82) is 0 Å². The van der Waals surface area contributed by atoms with Gasteiger partial charge in [0.05, 0.1) is 0 Å². The van der Waals surface area contributed by atoms with Crippen LogP contribution in [0.3, 0.4) is 0 Å². The quantitative estimate of drug-likeness (QED) is 0.829. The molecule has 0 bridgehead atoms. The minimum absolute atomic E-state index is 0.354. The maximum absolute atomic E-state index is 13.6. The van der Waals surface area contributed by atoms with Gasteiger partial charge in [-0.1, -0.05) is 25.7 Å². The zero-order chi connectivity index (χ0) is 13.2. The van der Waals surface area contributed by atoms with Crippen LogP contribution >= 0.6 is 0 Å². The monoisotopic (exact) mass is 263 g/mol. The van der Waals surface area contributed by atoms with Gasteiger partial charge in [0.15, 0.2) is 5.95 Å². The lowest BCUT2D eigenvalue weighted by Gasteiger charge is -2.31. The number of pyridine rings is 1. The summed E-state index contributed by atoms with van der Waals surface area (Å²) in [4.78, 5) is 13.2. The lowest BCUT2D eigenvalue weighted by molar-refractivity contribution is 0.200. The van der Waals surface area contributed by atoms with Crippen molar-refractivity contribution in [3.05, 3.63) is 34.0 Å². The van der Waals surface area contributed by atoms with Crippen molar-refractivity contribution in [3.63, 3.8) is 0 Å². The van der Waals surface area contributed by atoms with E-state index in [1.54, 1.807) is 6.07 Å². The molecule has 1 N–H and O–H groups in total. The molecule has 1 heterocycles. The summed E-state index contributed by atoms with van der Waals surface area (Å²) in [5.74, 6) is 2.24. The highest BCUT2D eigenvalue weighted by Gasteiger charge is 2.33. The number of rotatable bonds is 3. The summed E-state index contributed by atoms with van der Waals surface area (Å²) in [6, 6.07) is 3.06. The average molecular weight is 263 g/mol. The fourth-order valence-corrected chi connectivity index (χ4v) is 4.09. The van der Waals surface area contributed by atoms with Crippen LogP contribution in [0.4, 0.5) is 4.39 Å². The molecular weight excluding hydrogens is 241 g/mol. The topological polar surface area (TPSA) is 32.9 Å². The Morgan fingerprint density at radius 3 is 2.84 bits per heavy atom. The largest absolute Gasteiger partial charge is 0.299 e. The van der Waals surface area contributed by atoms with E-state index in [-0.39, 0.29) is 5.56 Å². The van der Waals surface area contributed by atoms with E-state index in [1.807, 2.05) is 0 Å². The van der Waals surface area contributed by atoms with E-state index >= 15 is 0 Å². The second-order valence-corrected chi connectivity index (χ2v) is 6.33. The van der Waals surface area contributed by atoms with E-state index in [0.717, 1.165) is 30.6 Å². The van der Waals surface area contributed by atoms with Crippen LogP contribution in [-0.2, 0) is 6.42 Å². The number of hydrogen-bond donors (Lipinski definition) is 1. The van der Waals surface area contributed by atoms with Gasteiger partial charge in [-0.25, -0.2) is 0 Å². The Morgan fingerprint density at radius 2 is 2.00 bits per heavy atom. The predicted octanol–water partition coefficient (Wildman–Crippen LogP) is 3.66. The second-order valence-electron chi connectivity index (χ2n) is 6.33. The van der Waals surface area contributed by atoms with Gasteiger partial charge >= 0.3 is 0 Å². The molecule has 1 aromatic rings. The molecule has 3 rings (SSSR count). The highest BCUT2D eigenvalue weighted by atomic mass is 19.1. The zero-order valence-corrected chi connectivity index (χ0v) is 11.3. The molecular formula is C16H22FNO. The summed E-state index contributed by atoms with van der Waals surface area (Å²) >= 11 is 0. The Balaban J connectivity index is 1.56. The van der Waals surface area contributed by atoms with Gasteiger partial charge in [-0.15, -0.1) is 0 Å². The van der Waals surface area contributed by atoms with Gasteiger partial charge in [0.1, 0.15) is 0 Å². The SMILES string of the molecule is O=c1ccc(CCC2CCC3CCCC3C2)c(F)[nH]1. The second kappa shape index (κ2) is 5.48. The van der Waals surface area contributed by atoms with Crippen molar-refractivity contribution in [2.24, 2.45) is 17.8 Å². The first-order valence-corrected chi connectivity index (χ1v) is 7.60. The first-order valence-electron chi connectivity index (χ1n) is 7.60. The summed E-state index contributed by atoms with van der Waals surface area (Å²) in [6.45, 7) is 0. The van der Waals surface area contributed by atoms with E-state index in [2.05, 4.69) is 4.98 Å². The molecule has 2 aliphatic carbocycles. The lowest BCUT2D eigenvalue weighted by atomic mass is 9.74.